The van der Waals surface area contributed by atoms with Crippen LogP contribution >= 0.6 is 10.5 Å². The maximum Gasteiger partial charge on any atom is 0.0489 e. The molecule has 0 radical (unpaired) electrons. The molecule has 6 aliphatic rings. The molecule has 0 N–H and O–H groups in total. The van der Waals surface area contributed by atoms with Crippen LogP contribution in [0.25, 0.3) is 0 Å². The van der Waals surface area contributed by atoms with Crippen molar-refractivity contribution in [3.8, 4) is 0 Å². The smallest absolute Gasteiger partial charge is 0.0489 e. The van der Waals surface area contributed by atoms with Crippen molar-refractivity contribution in [2.75, 3.05) is 0 Å². The number of hydrogen-bond acceptors (Lipinski definition) is 4. The van der Waals surface area contributed by atoms with Crippen molar-refractivity contribution in [2.24, 2.45) is 0 Å². The predicted octanol–water partition coefficient (Wildman–Crippen LogP) is 8.20. The third-order valence-corrected chi connectivity index (χ3v) is 15.2. The minimum atomic E-state index is -1.07. The van der Waals surface area contributed by atoms with Crippen LogP contribution in [0.1, 0.15) is 55.6 Å². The Morgan fingerprint density at radius 2 is 0.380 bits per heavy atom. The van der Waals surface area contributed by atoms with E-state index in [1.54, 1.807) is 0 Å². The molecule has 10 bridgehead atoms. The van der Waals surface area contributed by atoms with E-state index in [0.29, 0.717) is 46.0 Å². The van der Waals surface area contributed by atoms with Crippen molar-refractivity contribution in [3.63, 3.8) is 0 Å². The lowest BCUT2D eigenvalue weighted by Crippen LogP contribution is -2.03. The lowest BCUT2D eigenvalue weighted by molar-refractivity contribution is 0.680. The van der Waals surface area contributed by atoms with Crippen LogP contribution in [0.5, 0.6) is 0 Å². The van der Waals surface area contributed by atoms with Crippen molar-refractivity contribution in [3.05, 3.63) is 177 Å². The van der Waals surface area contributed by atoms with Crippen LogP contribution in [0, 0.1) is 0 Å². The summed E-state index contributed by atoms with van der Waals surface area (Å²) in [4.78, 5) is 0. The molecule has 0 aliphatic carbocycles. The second kappa shape index (κ2) is 17.9. The van der Waals surface area contributed by atoms with Crippen LogP contribution in [0.15, 0.2) is 121 Å². The van der Waals surface area contributed by atoms with E-state index in [4.69, 9.17) is 0 Å². The molecule has 0 aromatic heterocycles. The highest BCUT2D eigenvalue weighted by Crippen LogP contribution is 2.25. The van der Waals surface area contributed by atoms with E-state index in [1.807, 2.05) is 72.8 Å². The van der Waals surface area contributed by atoms with E-state index in [1.165, 1.54) is 11.1 Å². The molecule has 0 saturated heterocycles. The van der Waals surface area contributed by atoms with Gasteiger partial charge in [-0.1, -0.05) is 127 Å². The summed E-state index contributed by atoms with van der Waals surface area (Å²) < 4.78 is 51.9. The highest BCUT2D eigenvalue weighted by molar-refractivity contribution is 8.12. The Kier molecular flexibility index (Phi) is 13.1. The summed E-state index contributed by atoms with van der Waals surface area (Å²) in [5.41, 5.74) is 10.6. The van der Waals surface area contributed by atoms with E-state index in [2.05, 4.69) is 54.4 Å². The molecular formula is C41H42O4S5. The molecular weight excluding hydrogens is 717 g/mol. The first-order valence-corrected chi connectivity index (χ1v) is 24.2. The van der Waals surface area contributed by atoms with Gasteiger partial charge in [-0.25, -0.2) is 0 Å². The monoisotopic (exact) mass is 758 g/mol. The third-order valence-electron chi connectivity index (χ3n) is 8.48. The fourth-order valence-corrected chi connectivity index (χ4v) is 12.2. The van der Waals surface area contributed by atoms with Gasteiger partial charge in [0.05, 0.1) is 0 Å². The Morgan fingerprint density at radius 1 is 0.260 bits per heavy atom. The molecule has 6 heterocycles. The first kappa shape index (κ1) is 36.7. The van der Waals surface area contributed by atoms with Crippen LogP contribution < -0.4 is 0 Å². The molecule has 0 fully saturated rings. The number of hydrogen-bond donors (Lipinski definition) is 0. The summed E-state index contributed by atoms with van der Waals surface area (Å²) in [5.74, 6) is 9.96. The lowest BCUT2D eigenvalue weighted by Gasteiger charge is -2.10. The van der Waals surface area contributed by atoms with E-state index in [9.17, 15) is 16.8 Å². The van der Waals surface area contributed by atoms with Gasteiger partial charge >= 0.3 is 0 Å². The normalized spacial score (nSPS) is 22.6. The van der Waals surface area contributed by atoms with E-state index >= 15 is 0 Å². The van der Waals surface area contributed by atoms with Crippen LogP contribution in [0.4, 0.5) is 0 Å². The van der Waals surface area contributed by atoms with Crippen LogP contribution in [0.2, 0.25) is 0 Å². The van der Waals surface area contributed by atoms with Crippen LogP contribution in [-0.2, 0) is 101 Å². The van der Waals surface area contributed by atoms with Crippen molar-refractivity contribution >= 4 is 59.6 Å². The maximum absolute atomic E-state index is 13.0. The summed E-state index contributed by atoms with van der Waals surface area (Å²) in [6, 6.07) is 40.7. The summed E-state index contributed by atoms with van der Waals surface area (Å²) >= 11 is 0. The summed E-state index contributed by atoms with van der Waals surface area (Å²) in [7, 11) is -4.31. The fourth-order valence-electron chi connectivity index (χ4n) is 5.87. The van der Waals surface area contributed by atoms with Crippen LogP contribution in [-0.4, -0.2) is 22.7 Å². The lowest BCUT2D eigenvalue weighted by atomic mass is 10.2. The molecule has 6 aliphatic heterocycles. The first-order chi connectivity index (χ1) is 24.2. The zero-order chi connectivity index (χ0) is 34.9. The van der Waals surface area contributed by atoms with Gasteiger partial charge in [0.2, 0.25) is 0 Å². The molecule has 260 valence electrons. The minimum Gasteiger partial charge on any atom is -0.259 e. The SMILES string of the molecule is C=S1Cc2ccc(cc2)C[S@@](=O)Cc2ccc(cc2)CS(=O)Cc2ccc(cc2)C[S@](=O)Cc2ccc(cc2)C[S@@](=O)Cc2ccc(cc2)C1. The van der Waals surface area contributed by atoms with Gasteiger partial charge < -0.3 is 0 Å². The van der Waals surface area contributed by atoms with Crippen molar-refractivity contribution in [1.29, 1.82) is 0 Å². The van der Waals surface area contributed by atoms with Gasteiger partial charge in [-0.05, 0) is 55.6 Å². The largest absolute Gasteiger partial charge is 0.259 e. The fraction of sp³-hybridized carbons (Fsp3) is 0.244. The Bertz CT molecular complexity index is 1520. The standard InChI is InChI=1S/C41H42O4S5/c1-46-22-32-2-6-34(7-3-32)24-47(42)26-36-10-14-38(15-11-36)28-49(44)30-40-18-20-41(21-19-40)31-50(45)29-39-16-12-37(13-17-39)27-48(43)25-35-8-4-33(23-46)5-9-35/h2-21H,1,22-31H2/t46?,47-,48+,49+,50?/m0/s1. The summed E-state index contributed by atoms with van der Waals surface area (Å²) in [6.45, 7) is 0. The first-order valence-electron chi connectivity index (χ1n) is 16.5. The van der Waals surface area contributed by atoms with Crippen molar-refractivity contribution in [2.45, 2.75) is 57.5 Å². The van der Waals surface area contributed by atoms with Gasteiger partial charge in [-0.3, -0.25) is 16.8 Å². The molecule has 5 atom stereocenters. The second-order valence-electron chi connectivity index (χ2n) is 12.9. The Balaban J connectivity index is 1.14. The second-order valence-corrected chi connectivity index (χ2v) is 20.5. The van der Waals surface area contributed by atoms with Gasteiger partial charge in [0.1, 0.15) is 0 Å². The predicted molar refractivity (Wildman–Crippen MR) is 217 cm³/mol. The Labute approximate surface area is 308 Å². The van der Waals surface area contributed by atoms with Gasteiger partial charge in [-0.2, -0.15) is 10.5 Å². The molecule has 2 unspecified atom stereocenters. The number of fused-ring (bicyclic) bond motifs is 5. The molecule has 11 rings (SSSR count). The molecule has 9 heteroatoms. The van der Waals surface area contributed by atoms with Gasteiger partial charge in [-0.15, -0.1) is 0 Å². The third kappa shape index (κ3) is 11.5. The molecule has 0 spiro atoms. The van der Waals surface area contributed by atoms with Crippen molar-refractivity contribution in [1.82, 2.24) is 0 Å². The molecule has 0 amide bonds. The molecule has 50 heavy (non-hydrogen) atoms. The number of rotatable bonds is 0. The van der Waals surface area contributed by atoms with E-state index in [-0.39, 0.29) is 10.5 Å². The minimum absolute atomic E-state index is 0.0886. The van der Waals surface area contributed by atoms with Gasteiger partial charge in [0.15, 0.2) is 0 Å². The zero-order valence-electron chi connectivity index (χ0n) is 28.0. The topological polar surface area (TPSA) is 68.3 Å². The number of benzene rings is 5. The maximum atomic E-state index is 13.0. The zero-order valence-corrected chi connectivity index (χ0v) is 32.1. The van der Waals surface area contributed by atoms with Gasteiger partial charge in [0.25, 0.3) is 0 Å². The van der Waals surface area contributed by atoms with Crippen molar-refractivity contribution < 1.29 is 16.8 Å². The summed E-state index contributed by atoms with van der Waals surface area (Å²) in [5, 5.41) is 0. The Morgan fingerprint density at radius 3 is 0.520 bits per heavy atom. The Hall–Kier alpha value is -3.08. The van der Waals surface area contributed by atoms with E-state index in [0.717, 1.165) is 56.0 Å². The molecule has 0 saturated carbocycles. The van der Waals surface area contributed by atoms with E-state index < -0.39 is 43.2 Å². The van der Waals surface area contributed by atoms with Gasteiger partial charge in [0, 0.05) is 101 Å². The average molecular weight is 759 g/mol. The highest BCUT2D eigenvalue weighted by atomic mass is 32.2. The summed E-state index contributed by atoms with van der Waals surface area (Å²) in [6.07, 6.45) is 0. The average Bonchev–Trinajstić information content (AvgIpc) is 3.09. The molecule has 5 aromatic rings. The highest BCUT2D eigenvalue weighted by Gasteiger charge is 2.10. The molecule has 5 aromatic carbocycles. The quantitative estimate of drug-likeness (QED) is 0.150. The van der Waals surface area contributed by atoms with Crippen LogP contribution in [0.3, 0.4) is 0 Å². The molecule has 4 nitrogen and oxygen atoms in total.